The molecule has 0 saturated carbocycles. The molecule has 0 aliphatic rings. The number of hydrogen-bond donors (Lipinski definition) is 1. The summed E-state index contributed by atoms with van der Waals surface area (Å²) >= 11 is 6.01. The van der Waals surface area contributed by atoms with E-state index in [0.717, 1.165) is 22.9 Å². The lowest BCUT2D eigenvalue weighted by Crippen LogP contribution is -2.26. The Morgan fingerprint density at radius 3 is 2.50 bits per heavy atom. The van der Waals surface area contributed by atoms with E-state index < -0.39 is 41.7 Å². The molecule has 0 aliphatic carbocycles. The molecular weight excluding hydrogens is 405 g/mol. The molecule has 28 heavy (non-hydrogen) atoms. The van der Waals surface area contributed by atoms with Crippen molar-refractivity contribution in [1.29, 1.82) is 0 Å². The lowest BCUT2D eigenvalue weighted by atomic mass is 10.2. The van der Waals surface area contributed by atoms with E-state index in [9.17, 15) is 26.7 Å². The highest BCUT2D eigenvalue weighted by atomic mass is 35.5. The van der Waals surface area contributed by atoms with Gasteiger partial charge in [-0.2, -0.15) is 18.3 Å². The fourth-order valence-corrected chi connectivity index (χ4v) is 2.65. The van der Waals surface area contributed by atoms with Gasteiger partial charge in [0.15, 0.2) is 5.69 Å². The van der Waals surface area contributed by atoms with Gasteiger partial charge in [0.05, 0.1) is 10.7 Å². The van der Waals surface area contributed by atoms with Crippen LogP contribution in [0.1, 0.15) is 21.7 Å². The molecule has 4 nitrogen and oxygen atoms in total. The molecule has 1 aromatic heterocycles. The Bertz CT molecular complexity index is 1030. The second-order valence-corrected chi connectivity index (χ2v) is 6.10. The highest BCUT2D eigenvalue weighted by Gasteiger charge is 2.36. The summed E-state index contributed by atoms with van der Waals surface area (Å²) in [4.78, 5) is 12.5. The Hall–Kier alpha value is -2.94. The molecule has 3 aromatic rings. The summed E-state index contributed by atoms with van der Waals surface area (Å²) in [5.74, 6) is -2.45. The number of hydrogen-bond acceptors (Lipinski definition) is 2. The molecule has 1 N–H and O–H groups in total. The van der Waals surface area contributed by atoms with Gasteiger partial charge in [0.25, 0.3) is 5.91 Å². The number of alkyl halides is 3. The van der Waals surface area contributed by atoms with E-state index in [1.54, 1.807) is 6.07 Å². The number of benzene rings is 2. The maximum Gasteiger partial charge on any atom is 0.435 e. The summed E-state index contributed by atoms with van der Waals surface area (Å²) in [7, 11) is 0. The van der Waals surface area contributed by atoms with Crippen molar-refractivity contribution in [3.8, 4) is 5.69 Å². The molecule has 1 heterocycles. The molecule has 0 fully saturated rings. The number of nitrogens with one attached hydrogen (secondary N) is 1. The molecule has 0 bridgehead atoms. The Balaban J connectivity index is 1.95. The molecule has 0 spiro atoms. The van der Waals surface area contributed by atoms with Gasteiger partial charge in [-0.25, -0.2) is 13.5 Å². The van der Waals surface area contributed by atoms with Gasteiger partial charge in [0, 0.05) is 18.2 Å². The molecule has 10 heteroatoms. The molecule has 146 valence electrons. The third-order valence-corrected chi connectivity index (χ3v) is 4.08. The van der Waals surface area contributed by atoms with Gasteiger partial charge in [0.1, 0.15) is 17.3 Å². The number of amides is 1. The van der Waals surface area contributed by atoms with E-state index in [2.05, 4.69) is 10.4 Å². The van der Waals surface area contributed by atoms with Crippen molar-refractivity contribution in [3.63, 3.8) is 0 Å². The minimum atomic E-state index is -4.80. The summed E-state index contributed by atoms with van der Waals surface area (Å²) in [6, 6.07) is 9.11. The summed E-state index contributed by atoms with van der Waals surface area (Å²) < 4.78 is 66.9. The fraction of sp³-hybridized carbons (Fsp3) is 0.111. The smallest absolute Gasteiger partial charge is 0.347 e. The summed E-state index contributed by atoms with van der Waals surface area (Å²) in [6.07, 6.45) is -4.80. The van der Waals surface area contributed by atoms with Crippen molar-refractivity contribution in [1.82, 2.24) is 15.1 Å². The van der Waals surface area contributed by atoms with Gasteiger partial charge in [-0.15, -0.1) is 0 Å². The molecule has 0 atom stereocenters. The highest BCUT2D eigenvalue weighted by Crippen LogP contribution is 2.31. The normalized spacial score (nSPS) is 11.5. The summed E-state index contributed by atoms with van der Waals surface area (Å²) in [5, 5.41) is 5.77. The molecule has 0 radical (unpaired) electrons. The van der Waals surface area contributed by atoms with E-state index in [0.29, 0.717) is 6.07 Å². The third kappa shape index (κ3) is 4.14. The SMILES string of the molecule is O=C(NCc1cc(F)ccc1F)c1cc(C(F)(F)F)nn1-c1ccccc1Cl. The lowest BCUT2D eigenvalue weighted by Gasteiger charge is -2.10. The number of halogens is 6. The number of nitrogens with zero attached hydrogens (tertiary/aromatic N) is 2. The second-order valence-electron chi connectivity index (χ2n) is 5.69. The van der Waals surface area contributed by atoms with Gasteiger partial charge in [-0.05, 0) is 30.3 Å². The zero-order chi connectivity index (χ0) is 20.5. The van der Waals surface area contributed by atoms with Gasteiger partial charge >= 0.3 is 6.18 Å². The average molecular weight is 416 g/mol. The predicted octanol–water partition coefficient (Wildman–Crippen LogP) is 4.75. The third-order valence-electron chi connectivity index (χ3n) is 3.76. The Labute approximate surface area is 160 Å². The van der Waals surface area contributed by atoms with E-state index in [-0.39, 0.29) is 16.3 Å². The molecule has 0 aliphatic heterocycles. The summed E-state index contributed by atoms with van der Waals surface area (Å²) in [5.41, 5.74) is -1.86. The maximum absolute atomic E-state index is 13.7. The van der Waals surface area contributed by atoms with Crippen molar-refractivity contribution in [3.05, 3.63) is 82.1 Å². The first kappa shape index (κ1) is 19.8. The molecule has 2 aromatic carbocycles. The van der Waals surface area contributed by atoms with Crippen LogP contribution < -0.4 is 5.32 Å². The lowest BCUT2D eigenvalue weighted by molar-refractivity contribution is -0.141. The minimum absolute atomic E-state index is 0.0572. The van der Waals surface area contributed by atoms with Crippen molar-refractivity contribution in [2.45, 2.75) is 12.7 Å². The van der Waals surface area contributed by atoms with E-state index >= 15 is 0 Å². The van der Waals surface area contributed by atoms with E-state index in [1.807, 2.05) is 0 Å². The zero-order valence-electron chi connectivity index (χ0n) is 13.9. The first-order chi connectivity index (χ1) is 13.2. The largest absolute Gasteiger partial charge is 0.435 e. The zero-order valence-corrected chi connectivity index (χ0v) is 14.7. The van der Waals surface area contributed by atoms with E-state index in [4.69, 9.17) is 11.6 Å². The van der Waals surface area contributed by atoms with Crippen molar-refractivity contribution < 1.29 is 26.7 Å². The summed E-state index contributed by atoms with van der Waals surface area (Å²) in [6.45, 7) is -0.433. The number of carbonyl (C=O) groups is 1. The van der Waals surface area contributed by atoms with Crippen molar-refractivity contribution >= 4 is 17.5 Å². The molecule has 0 unspecified atom stereocenters. The van der Waals surface area contributed by atoms with Crippen LogP contribution in [0.2, 0.25) is 5.02 Å². The second kappa shape index (κ2) is 7.59. The Kier molecular flexibility index (Phi) is 5.37. The quantitative estimate of drug-likeness (QED) is 0.625. The van der Waals surface area contributed by atoms with E-state index in [1.165, 1.54) is 18.2 Å². The maximum atomic E-state index is 13.7. The predicted molar refractivity (Wildman–Crippen MR) is 91.1 cm³/mol. The number of rotatable bonds is 4. The van der Waals surface area contributed by atoms with Crippen LogP contribution >= 0.6 is 11.6 Å². The van der Waals surface area contributed by atoms with Crippen LogP contribution in [0.15, 0.2) is 48.5 Å². The minimum Gasteiger partial charge on any atom is -0.347 e. The number of para-hydroxylation sites is 1. The standard InChI is InChI=1S/C18H11ClF5N3O/c19-12-3-1-2-4-14(12)27-15(8-16(26-27)18(22,23)24)17(28)25-9-10-7-11(20)5-6-13(10)21/h1-8H,9H2,(H,25,28). The number of carbonyl (C=O) groups excluding carboxylic acids is 1. The van der Waals surface area contributed by atoms with Crippen LogP contribution in [-0.4, -0.2) is 15.7 Å². The van der Waals surface area contributed by atoms with Crippen LogP contribution in [-0.2, 0) is 12.7 Å². The van der Waals surface area contributed by atoms with Crippen molar-refractivity contribution in [2.75, 3.05) is 0 Å². The van der Waals surface area contributed by atoms with Gasteiger partial charge in [-0.3, -0.25) is 4.79 Å². The van der Waals surface area contributed by atoms with Gasteiger partial charge in [0.2, 0.25) is 0 Å². The molecule has 0 saturated heterocycles. The van der Waals surface area contributed by atoms with Crippen molar-refractivity contribution in [2.24, 2.45) is 0 Å². The Morgan fingerprint density at radius 1 is 1.11 bits per heavy atom. The molecule has 1 amide bonds. The van der Waals surface area contributed by atoms with Gasteiger partial charge in [-0.1, -0.05) is 23.7 Å². The monoisotopic (exact) mass is 415 g/mol. The first-order valence-corrected chi connectivity index (χ1v) is 8.19. The van der Waals surface area contributed by atoms with Gasteiger partial charge < -0.3 is 5.32 Å². The van der Waals surface area contributed by atoms with Crippen LogP contribution in [0.25, 0.3) is 5.69 Å². The van der Waals surface area contributed by atoms with Crippen LogP contribution in [0, 0.1) is 11.6 Å². The molecular formula is C18H11ClF5N3O. The van der Waals surface area contributed by atoms with Crippen LogP contribution in [0.4, 0.5) is 22.0 Å². The highest BCUT2D eigenvalue weighted by molar-refractivity contribution is 6.32. The Morgan fingerprint density at radius 2 is 1.82 bits per heavy atom. The topological polar surface area (TPSA) is 46.9 Å². The van der Waals surface area contributed by atoms with Crippen LogP contribution in [0.3, 0.4) is 0 Å². The first-order valence-electron chi connectivity index (χ1n) is 7.81. The molecule has 3 rings (SSSR count). The average Bonchev–Trinajstić information content (AvgIpc) is 3.08. The fourth-order valence-electron chi connectivity index (χ4n) is 2.43. The van der Waals surface area contributed by atoms with Crippen LogP contribution in [0.5, 0.6) is 0 Å². The number of aromatic nitrogens is 2.